The molecule has 2 atom stereocenters. The summed E-state index contributed by atoms with van der Waals surface area (Å²) in [5.74, 6) is 1.60. The van der Waals surface area contributed by atoms with Crippen molar-refractivity contribution in [1.82, 2.24) is 5.32 Å². The van der Waals surface area contributed by atoms with Crippen LogP contribution in [0.15, 0.2) is 18.2 Å². The number of halogens is 3. The molecule has 1 aromatic rings. The third-order valence-corrected chi connectivity index (χ3v) is 6.01. The van der Waals surface area contributed by atoms with Crippen LogP contribution in [0.3, 0.4) is 0 Å². The summed E-state index contributed by atoms with van der Waals surface area (Å²) in [6.07, 6.45) is 5.95. The molecule has 0 radical (unpaired) electrons. The summed E-state index contributed by atoms with van der Waals surface area (Å²) in [5.41, 5.74) is 6.13. The number of nitrogens with two attached hydrogens (primary N) is 1. The summed E-state index contributed by atoms with van der Waals surface area (Å²) in [5, 5.41) is 4.05. The van der Waals surface area contributed by atoms with Crippen LogP contribution in [0.4, 0.5) is 0 Å². The lowest BCUT2D eigenvalue weighted by molar-refractivity contribution is -0.123. The molecular weight excluding hydrogens is 383 g/mol. The molecular formula is C18H25Cl3N2O2. The first-order chi connectivity index (χ1) is 11.5. The number of carbonyl (C=O) groups is 1. The number of hydrogen-bond acceptors (Lipinski definition) is 3. The molecule has 0 aliphatic heterocycles. The van der Waals surface area contributed by atoms with Crippen molar-refractivity contribution in [3.05, 3.63) is 28.2 Å². The monoisotopic (exact) mass is 406 g/mol. The molecule has 2 aliphatic rings. The van der Waals surface area contributed by atoms with Crippen LogP contribution in [-0.4, -0.2) is 24.6 Å². The van der Waals surface area contributed by atoms with Crippen LogP contribution in [0.5, 0.6) is 5.75 Å². The average Bonchev–Trinajstić information content (AvgIpc) is 2.52. The lowest BCUT2D eigenvalue weighted by Crippen LogP contribution is -2.53. The molecule has 2 fully saturated rings. The second-order valence-electron chi connectivity index (χ2n) is 6.93. The first kappa shape index (κ1) is 20.6. The van der Waals surface area contributed by atoms with Gasteiger partial charge in [-0.1, -0.05) is 35.7 Å². The van der Waals surface area contributed by atoms with Gasteiger partial charge in [0.05, 0.1) is 18.1 Å². The van der Waals surface area contributed by atoms with E-state index >= 15 is 0 Å². The van der Waals surface area contributed by atoms with Gasteiger partial charge in [-0.15, -0.1) is 12.4 Å². The standard InChI is InChI=1S/C18H24Cl2N2O2.ClH/c19-14-5-2-6-15(17(14)20)24-8-7-16(23)22-18-11-3-1-4-12(18)10-13(21)9-11;/h2,5-6,11-13,18H,1,3-4,7-10,21H2,(H,22,23);1H. The maximum atomic E-state index is 12.3. The Morgan fingerprint density at radius 3 is 2.60 bits per heavy atom. The van der Waals surface area contributed by atoms with E-state index in [1.54, 1.807) is 18.2 Å². The van der Waals surface area contributed by atoms with Gasteiger partial charge in [-0.3, -0.25) is 4.79 Å². The molecule has 25 heavy (non-hydrogen) atoms. The summed E-state index contributed by atoms with van der Waals surface area (Å²) >= 11 is 12.0. The van der Waals surface area contributed by atoms with Gasteiger partial charge in [-0.2, -0.15) is 0 Å². The lowest BCUT2D eigenvalue weighted by Gasteiger charge is -2.45. The maximum absolute atomic E-state index is 12.3. The Bertz CT molecular complexity index is 586. The highest BCUT2D eigenvalue weighted by atomic mass is 35.5. The van der Waals surface area contributed by atoms with Gasteiger partial charge in [0.1, 0.15) is 10.8 Å². The van der Waals surface area contributed by atoms with E-state index in [4.69, 9.17) is 33.7 Å². The molecule has 2 unspecified atom stereocenters. The molecule has 0 spiro atoms. The molecule has 2 saturated carbocycles. The first-order valence-electron chi connectivity index (χ1n) is 8.66. The SMILES string of the molecule is Cl.NC1CC2CCCC(C1)C2NC(=O)CCOc1cccc(Cl)c1Cl. The van der Waals surface area contributed by atoms with Crippen molar-refractivity contribution in [2.75, 3.05) is 6.61 Å². The number of benzene rings is 1. The third kappa shape index (κ3) is 5.16. The average molecular weight is 408 g/mol. The summed E-state index contributed by atoms with van der Waals surface area (Å²) in [4.78, 5) is 12.3. The first-order valence-corrected chi connectivity index (χ1v) is 9.42. The molecule has 1 amide bonds. The van der Waals surface area contributed by atoms with Crippen LogP contribution in [0.25, 0.3) is 0 Å². The van der Waals surface area contributed by atoms with Crippen molar-refractivity contribution in [1.29, 1.82) is 0 Å². The minimum Gasteiger partial charge on any atom is -0.491 e. The van der Waals surface area contributed by atoms with Gasteiger partial charge in [-0.05, 0) is 49.7 Å². The molecule has 140 valence electrons. The molecule has 0 aromatic heterocycles. The van der Waals surface area contributed by atoms with Crippen molar-refractivity contribution in [3.63, 3.8) is 0 Å². The predicted molar refractivity (Wildman–Crippen MR) is 104 cm³/mol. The van der Waals surface area contributed by atoms with Crippen molar-refractivity contribution in [2.45, 2.75) is 50.6 Å². The number of nitrogens with one attached hydrogen (secondary N) is 1. The summed E-state index contributed by atoms with van der Waals surface area (Å²) in [7, 11) is 0. The quantitative estimate of drug-likeness (QED) is 0.768. The Morgan fingerprint density at radius 1 is 1.24 bits per heavy atom. The van der Waals surface area contributed by atoms with Gasteiger partial charge in [0.15, 0.2) is 0 Å². The van der Waals surface area contributed by atoms with E-state index in [2.05, 4.69) is 5.32 Å². The van der Waals surface area contributed by atoms with Crippen molar-refractivity contribution >= 4 is 41.5 Å². The fourth-order valence-corrected chi connectivity index (χ4v) is 4.48. The largest absolute Gasteiger partial charge is 0.491 e. The smallest absolute Gasteiger partial charge is 0.223 e. The van der Waals surface area contributed by atoms with Crippen LogP contribution in [0.1, 0.15) is 38.5 Å². The maximum Gasteiger partial charge on any atom is 0.223 e. The highest BCUT2D eigenvalue weighted by molar-refractivity contribution is 6.42. The van der Waals surface area contributed by atoms with Crippen molar-refractivity contribution < 1.29 is 9.53 Å². The number of fused-ring (bicyclic) bond motifs is 2. The minimum atomic E-state index is 0. The number of rotatable bonds is 5. The van der Waals surface area contributed by atoms with E-state index in [0.717, 1.165) is 12.8 Å². The molecule has 3 N–H and O–H groups in total. The normalized spacial score (nSPS) is 28.0. The molecule has 0 heterocycles. The Kier molecular flexibility index (Phi) is 7.68. The van der Waals surface area contributed by atoms with E-state index in [1.165, 1.54) is 19.3 Å². The number of hydrogen-bond donors (Lipinski definition) is 2. The molecule has 1 aromatic carbocycles. The van der Waals surface area contributed by atoms with Gasteiger partial charge in [0, 0.05) is 12.1 Å². The summed E-state index contributed by atoms with van der Waals surface area (Å²) < 4.78 is 5.59. The van der Waals surface area contributed by atoms with Gasteiger partial charge in [-0.25, -0.2) is 0 Å². The molecule has 7 heteroatoms. The molecule has 4 nitrogen and oxygen atoms in total. The number of amides is 1. The van der Waals surface area contributed by atoms with Crippen molar-refractivity contribution in [3.8, 4) is 5.75 Å². The lowest BCUT2D eigenvalue weighted by atomic mass is 9.67. The van der Waals surface area contributed by atoms with Crippen LogP contribution < -0.4 is 15.8 Å². The Labute approximate surface area is 165 Å². The fourth-order valence-electron chi connectivity index (χ4n) is 4.13. The van der Waals surface area contributed by atoms with E-state index in [1.807, 2.05) is 0 Å². The van der Waals surface area contributed by atoms with Crippen LogP contribution in [0.2, 0.25) is 10.0 Å². The zero-order valence-corrected chi connectivity index (χ0v) is 16.4. The van der Waals surface area contributed by atoms with Gasteiger partial charge < -0.3 is 15.8 Å². The van der Waals surface area contributed by atoms with Gasteiger partial charge in [0.2, 0.25) is 5.91 Å². The zero-order chi connectivity index (χ0) is 17.1. The second-order valence-corrected chi connectivity index (χ2v) is 7.71. The summed E-state index contributed by atoms with van der Waals surface area (Å²) in [6, 6.07) is 5.80. The minimum absolute atomic E-state index is 0. The highest BCUT2D eigenvalue weighted by Crippen LogP contribution is 2.39. The zero-order valence-electron chi connectivity index (χ0n) is 14.0. The highest BCUT2D eigenvalue weighted by Gasteiger charge is 2.39. The Hall–Kier alpha value is -0.680. The topological polar surface area (TPSA) is 64.3 Å². The van der Waals surface area contributed by atoms with E-state index in [0.29, 0.717) is 40.1 Å². The van der Waals surface area contributed by atoms with E-state index in [9.17, 15) is 4.79 Å². The van der Waals surface area contributed by atoms with Crippen LogP contribution >= 0.6 is 35.6 Å². The Morgan fingerprint density at radius 2 is 1.92 bits per heavy atom. The molecule has 2 aliphatic carbocycles. The second kappa shape index (κ2) is 9.31. The fraction of sp³-hybridized carbons (Fsp3) is 0.611. The summed E-state index contributed by atoms with van der Waals surface area (Å²) in [6.45, 7) is 0.285. The number of carbonyl (C=O) groups excluding carboxylic acids is 1. The molecule has 0 saturated heterocycles. The van der Waals surface area contributed by atoms with E-state index < -0.39 is 0 Å². The van der Waals surface area contributed by atoms with Crippen molar-refractivity contribution in [2.24, 2.45) is 17.6 Å². The Balaban J connectivity index is 0.00000225. The van der Waals surface area contributed by atoms with E-state index in [-0.39, 0.29) is 31.0 Å². The van der Waals surface area contributed by atoms with Crippen LogP contribution in [-0.2, 0) is 4.79 Å². The van der Waals surface area contributed by atoms with Gasteiger partial charge in [0.25, 0.3) is 0 Å². The predicted octanol–water partition coefficient (Wildman–Crippen LogP) is 4.21. The number of ether oxygens (including phenoxy) is 1. The van der Waals surface area contributed by atoms with Crippen LogP contribution in [0, 0.1) is 11.8 Å². The molecule has 2 bridgehead atoms. The third-order valence-electron chi connectivity index (χ3n) is 5.21. The van der Waals surface area contributed by atoms with Gasteiger partial charge >= 0.3 is 0 Å². The molecule has 3 rings (SSSR count).